The first-order chi connectivity index (χ1) is 13.0. The van der Waals surface area contributed by atoms with Gasteiger partial charge < -0.3 is 15.1 Å². The summed E-state index contributed by atoms with van der Waals surface area (Å²) in [6.45, 7) is 0. The maximum Gasteiger partial charge on any atom is 0.291 e. The van der Waals surface area contributed by atoms with Crippen molar-refractivity contribution in [1.82, 2.24) is 5.32 Å². The molecule has 5 nitrogen and oxygen atoms in total. The van der Waals surface area contributed by atoms with Crippen molar-refractivity contribution in [2.45, 2.75) is 0 Å². The van der Waals surface area contributed by atoms with Gasteiger partial charge in [-0.2, -0.15) is 0 Å². The Labute approximate surface area is 169 Å². The van der Waals surface area contributed by atoms with Gasteiger partial charge in [0.15, 0.2) is 5.76 Å². The molecule has 0 bridgehead atoms. The molecule has 2 amide bonds. The third-order valence-electron chi connectivity index (χ3n) is 3.52. The second-order valence-electron chi connectivity index (χ2n) is 5.50. The Bertz CT molecular complexity index is 965. The van der Waals surface area contributed by atoms with Gasteiger partial charge in [0, 0.05) is 15.2 Å². The van der Waals surface area contributed by atoms with Gasteiger partial charge in [-0.3, -0.25) is 9.59 Å². The Morgan fingerprint density at radius 2 is 1.70 bits per heavy atom. The molecule has 0 spiro atoms. The first-order valence-electron chi connectivity index (χ1n) is 7.90. The van der Waals surface area contributed by atoms with E-state index >= 15 is 0 Å². The Hall–Kier alpha value is -2.83. The summed E-state index contributed by atoms with van der Waals surface area (Å²) in [5.74, 6) is -0.884. The van der Waals surface area contributed by atoms with Crippen LogP contribution in [0.4, 0.5) is 5.69 Å². The molecular weight excluding hydrogens is 432 g/mol. The van der Waals surface area contributed by atoms with Gasteiger partial charge in [0.2, 0.25) is 0 Å². The van der Waals surface area contributed by atoms with Crippen molar-refractivity contribution >= 4 is 51.1 Å². The molecule has 27 heavy (non-hydrogen) atoms. The fourth-order valence-electron chi connectivity index (χ4n) is 2.21. The van der Waals surface area contributed by atoms with E-state index in [0.717, 1.165) is 10.0 Å². The summed E-state index contributed by atoms with van der Waals surface area (Å²) < 4.78 is 5.99. The third kappa shape index (κ3) is 5.32. The van der Waals surface area contributed by atoms with E-state index in [4.69, 9.17) is 16.0 Å². The van der Waals surface area contributed by atoms with E-state index in [1.807, 2.05) is 24.3 Å². The number of carbonyl (C=O) groups excluding carboxylic acids is 2. The molecule has 0 radical (unpaired) electrons. The molecule has 1 heterocycles. The minimum absolute atomic E-state index is 0.0775. The van der Waals surface area contributed by atoms with Crippen molar-refractivity contribution in [2.75, 3.05) is 5.32 Å². The van der Waals surface area contributed by atoms with Crippen LogP contribution in [-0.4, -0.2) is 11.8 Å². The predicted molar refractivity (Wildman–Crippen MR) is 108 cm³/mol. The zero-order chi connectivity index (χ0) is 19.2. The first kappa shape index (κ1) is 18.9. The van der Waals surface area contributed by atoms with Crippen molar-refractivity contribution in [3.05, 3.63) is 93.4 Å². The van der Waals surface area contributed by atoms with Crippen molar-refractivity contribution in [3.63, 3.8) is 0 Å². The molecule has 7 heteroatoms. The molecule has 0 atom stereocenters. The molecular formula is C20H14BrClN2O3. The largest absolute Gasteiger partial charge is 0.459 e. The van der Waals surface area contributed by atoms with Crippen molar-refractivity contribution in [1.29, 1.82) is 0 Å². The second-order valence-corrected chi connectivity index (χ2v) is 6.85. The van der Waals surface area contributed by atoms with Gasteiger partial charge in [0.1, 0.15) is 5.70 Å². The van der Waals surface area contributed by atoms with E-state index in [1.54, 1.807) is 36.4 Å². The first-order valence-corrected chi connectivity index (χ1v) is 9.07. The predicted octanol–water partition coefficient (Wildman–Crippen LogP) is 5.11. The van der Waals surface area contributed by atoms with Crippen molar-refractivity contribution in [2.24, 2.45) is 0 Å². The molecule has 3 aromatic rings. The SMILES string of the molecule is O=C(Nc1ccc(Cl)cc1)C(=Cc1ccc(Br)cc1)NC(=O)c1ccco1. The van der Waals surface area contributed by atoms with E-state index in [1.165, 1.54) is 12.3 Å². The summed E-state index contributed by atoms with van der Waals surface area (Å²) in [6, 6.07) is 17.1. The van der Waals surface area contributed by atoms with Gasteiger partial charge in [-0.05, 0) is 60.2 Å². The van der Waals surface area contributed by atoms with Gasteiger partial charge in [0.25, 0.3) is 11.8 Å². The van der Waals surface area contributed by atoms with E-state index in [-0.39, 0.29) is 11.5 Å². The summed E-state index contributed by atoms with van der Waals surface area (Å²) in [6.07, 6.45) is 2.97. The monoisotopic (exact) mass is 444 g/mol. The fraction of sp³-hybridized carbons (Fsp3) is 0. The van der Waals surface area contributed by atoms with Crippen LogP contribution < -0.4 is 10.6 Å². The molecule has 0 saturated heterocycles. The smallest absolute Gasteiger partial charge is 0.291 e. The molecule has 3 rings (SSSR count). The molecule has 0 fully saturated rings. The highest BCUT2D eigenvalue weighted by Gasteiger charge is 2.16. The second kappa shape index (κ2) is 8.70. The summed E-state index contributed by atoms with van der Waals surface area (Å²) in [7, 11) is 0. The van der Waals surface area contributed by atoms with Crippen LogP contribution in [-0.2, 0) is 4.79 Å². The summed E-state index contributed by atoms with van der Waals surface area (Å²) >= 11 is 9.23. The summed E-state index contributed by atoms with van der Waals surface area (Å²) in [5.41, 5.74) is 1.38. The molecule has 0 unspecified atom stereocenters. The average molecular weight is 446 g/mol. The lowest BCUT2D eigenvalue weighted by molar-refractivity contribution is -0.113. The minimum atomic E-state index is -0.519. The number of halogens is 2. The van der Waals surface area contributed by atoms with E-state index in [2.05, 4.69) is 26.6 Å². The standard InChI is InChI=1S/C20H14BrClN2O3/c21-14-5-3-13(4-6-14)12-17(24-20(26)18-2-1-11-27-18)19(25)23-16-9-7-15(22)8-10-16/h1-12H,(H,23,25)(H,24,26). The number of amides is 2. The van der Waals surface area contributed by atoms with Crippen LogP contribution in [0, 0.1) is 0 Å². The molecule has 2 aromatic carbocycles. The van der Waals surface area contributed by atoms with E-state index in [9.17, 15) is 9.59 Å². The number of carbonyl (C=O) groups is 2. The molecule has 0 saturated carbocycles. The lowest BCUT2D eigenvalue weighted by Crippen LogP contribution is -2.30. The zero-order valence-electron chi connectivity index (χ0n) is 13.9. The van der Waals surface area contributed by atoms with Crippen LogP contribution in [0.5, 0.6) is 0 Å². The van der Waals surface area contributed by atoms with Crippen molar-refractivity contribution in [3.8, 4) is 0 Å². The molecule has 0 aliphatic heterocycles. The van der Waals surface area contributed by atoms with E-state index < -0.39 is 11.8 Å². The van der Waals surface area contributed by atoms with Gasteiger partial charge >= 0.3 is 0 Å². The number of furan rings is 1. The molecule has 0 aliphatic carbocycles. The van der Waals surface area contributed by atoms with E-state index in [0.29, 0.717) is 10.7 Å². The Morgan fingerprint density at radius 3 is 2.33 bits per heavy atom. The highest BCUT2D eigenvalue weighted by atomic mass is 79.9. The maximum atomic E-state index is 12.7. The van der Waals surface area contributed by atoms with Crippen LogP contribution >= 0.6 is 27.5 Å². The lowest BCUT2D eigenvalue weighted by atomic mass is 10.2. The topological polar surface area (TPSA) is 71.3 Å². The number of hydrogen-bond donors (Lipinski definition) is 2. The van der Waals surface area contributed by atoms with Gasteiger partial charge in [0.05, 0.1) is 6.26 Å². The number of rotatable bonds is 5. The average Bonchev–Trinajstić information content (AvgIpc) is 3.19. The van der Waals surface area contributed by atoms with Gasteiger partial charge in [-0.25, -0.2) is 0 Å². The molecule has 0 aliphatic rings. The molecule has 1 aromatic heterocycles. The molecule has 136 valence electrons. The van der Waals surface area contributed by atoms with Crippen molar-refractivity contribution < 1.29 is 14.0 Å². The molecule has 2 N–H and O–H groups in total. The van der Waals surface area contributed by atoms with Gasteiger partial charge in [-0.15, -0.1) is 0 Å². The summed E-state index contributed by atoms with van der Waals surface area (Å²) in [4.78, 5) is 25.0. The number of anilines is 1. The Morgan fingerprint density at radius 1 is 1.00 bits per heavy atom. The quantitative estimate of drug-likeness (QED) is 0.536. The highest BCUT2D eigenvalue weighted by Crippen LogP contribution is 2.16. The summed E-state index contributed by atoms with van der Waals surface area (Å²) in [5, 5.41) is 5.88. The van der Waals surface area contributed by atoms with Gasteiger partial charge in [-0.1, -0.05) is 39.7 Å². The zero-order valence-corrected chi connectivity index (χ0v) is 16.3. The number of nitrogens with one attached hydrogen (secondary N) is 2. The highest BCUT2D eigenvalue weighted by molar-refractivity contribution is 9.10. The van der Waals surface area contributed by atoms with Crippen LogP contribution in [0.15, 0.2) is 81.5 Å². The number of benzene rings is 2. The Kier molecular flexibility index (Phi) is 6.11. The van der Waals surface area contributed by atoms with Crippen LogP contribution in [0.25, 0.3) is 6.08 Å². The maximum absolute atomic E-state index is 12.7. The normalized spacial score (nSPS) is 11.1. The lowest BCUT2D eigenvalue weighted by Gasteiger charge is -2.10. The van der Waals surface area contributed by atoms with Crippen LogP contribution in [0.2, 0.25) is 5.02 Å². The van der Waals surface area contributed by atoms with Crippen LogP contribution in [0.3, 0.4) is 0 Å². The van der Waals surface area contributed by atoms with Crippen LogP contribution in [0.1, 0.15) is 16.1 Å². The fourth-order valence-corrected chi connectivity index (χ4v) is 2.60. The minimum Gasteiger partial charge on any atom is -0.459 e. The Balaban J connectivity index is 1.85. The number of hydrogen-bond acceptors (Lipinski definition) is 3. The third-order valence-corrected chi connectivity index (χ3v) is 4.30.